The number of pyridine rings is 1. The van der Waals surface area contributed by atoms with Crippen LogP contribution in [0.5, 0.6) is 0 Å². The van der Waals surface area contributed by atoms with Crippen LogP contribution in [0.2, 0.25) is 0 Å². The van der Waals surface area contributed by atoms with E-state index in [4.69, 9.17) is 5.26 Å². The Balaban J connectivity index is 2.08. The quantitative estimate of drug-likeness (QED) is 0.723. The van der Waals surface area contributed by atoms with E-state index in [0.717, 1.165) is 24.8 Å². The van der Waals surface area contributed by atoms with Crippen LogP contribution in [0, 0.1) is 17.2 Å². The molecule has 0 amide bonds. The maximum absolute atomic E-state index is 8.71. The third kappa shape index (κ3) is 2.52. The fourth-order valence-electron chi connectivity index (χ4n) is 2.13. The number of nitrogens with zero attached hydrogens (tertiary/aromatic N) is 3. The van der Waals surface area contributed by atoms with Crippen LogP contribution in [0.15, 0.2) is 18.3 Å². The molecule has 1 unspecified atom stereocenters. The molecule has 1 aliphatic rings. The molecule has 0 bridgehead atoms. The van der Waals surface area contributed by atoms with E-state index >= 15 is 0 Å². The first-order valence-electron chi connectivity index (χ1n) is 5.90. The predicted octanol–water partition coefficient (Wildman–Crippen LogP) is 2.58. The third-order valence-corrected chi connectivity index (χ3v) is 3.22. The molecule has 1 aromatic heterocycles. The molecule has 1 aliphatic heterocycles. The molecular formula is C13H17N3. The Morgan fingerprint density at radius 3 is 2.94 bits per heavy atom. The Hall–Kier alpha value is -1.56. The molecule has 0 radical (unpaired) electrons. The Morgan fingerprint density at radius 1 is 1.38 bits per heavy atom. The zero-order valence-corrected chi connectivity index (χ0v) is 9.69. The number of nitriles is 1. The van der Waals surface area contributed by atoms with Crippen molar-refractivity contribution in [1.29, 1.82) is 5.26 Å². The van der Waals surface area contributed by atoms with Crippen molar-refractivity contribution in [2.75, 3.05) is 18.0 Å². The van der Waals surface area contributed by atoms with E-state index in [1.807, 2.05) is 12.1 Å². The molecule has 0 aromatic carbocycles. The van der Waals surface area contributed by atoms with Crippen molar-refractivity contribution in [1.82, 2.24) is 4.98 Å². The lowest BCUT2D eigenvalue weighted by molar-refractivity contribution is 0.521. The molecule has 1 saturated heterocycles. The SMILES string of the molecule is CC1CCCN(c2ccc(C#N)cn2)CC1. The molecule has 1 aromatic rings. The van der Waals surface area contributed by atoms with Gasteiger partial charge in [-0.3, -0.25) is 0 Å². The maximum Gasteiger partial charge on any atom is 0.128 e. The molecule has 1 fully saturated rings. The van der Waals surface area contributed by atoms with E-state index in [1.54, 1.807) is 6.20 Å². The van der Waals surface area contributed by atoms with Gasteiger partial charge in [-0.05, 0) is 37.3 Å². The first-order chi connectivity index (χ1) is 7.79. The molecule has 0 spiro atoms. The van der Waals surface area contributed by atoms with E-state index in [-0.39, 0.29) is 0 Å². The second-order valence-electron chi connectivity index (χ2n) is 4.54. The van der Waals surface area contributed by atoms with Gasteiger partial charge in [0, 0.05) is 19.3 Å². The van der Waals surface area contributed by atoms with E-state index in [2.05, 4.69) is 22.9 Å². The molecule has 0 N–H and O–H groups in total. The van der Waals surface area contributed by atoms with Crippen molar-refractivity contribution < 1.29 is 0 Å². The van der Waals surface area contributed by atoms with Gasteiger partial charge in [0.05, 0.1) is 5.56 Å². The second-order valence-corrected chi connectivity index (χ2v) is 4.54. The van der Waals surface area contributed by atoms with Crippen LogP contribution in [0.4, 0.5) is 5.82 Å². The Kier molecular flexibility index (Phi) is 3.40. The Morgan fingerprint density at radius 2 is 2.25 bits per heavy atom. The van der Waals surface area contributed by atoms with Gasteiger partial charge >= 0.3 is 0 Å². The molecule has 1 atom stereocenters. The molecule has 3 heteroatoms. The lowest BCUT2D eigenvalue weighted by Crippen LogP contribution is -2.25. The van der Waals surface area contributed by atoms with E-state index in [9.17, 15) is 0 Å². The summed E-state index contributed by atoms with van der Waals surface area (Å²) in [5.41, 5.74) is 0.631. The van der Waals surface area contributed by atoms with Gasteiger partial charge in [0.25, 0.3) is 0 Å². The summed E-state index contributed by atoms with van der Waals surface area (Å²) in [4.78, 5) is 6.67. The Labute approximate surface area is 96.7 Å². The van der Waals surface area contributed by atoms with Gasteiger partial charge in [0.2, 0.25) is 0 Å². The van der Waals surface area contributed by atoms with Gasteiger partial charge < -0.3 is 4.90 Å². The summed E-state index contributed by atoms with van der Waals surface area (Å²) >= 11 is 0. The van der Waals surface area contributed by atoms with Crippen LogP contribution in [-0.4, -0.2) is 18.1 Å². The highest BCUT2D eigenvalue weighted by molar-refractivity contribution is 5.41. The Bertz CT molecular complexity index is 377. The molecule has 2 rings (SSSR count). The van der Waals surface area contributed by atoms with Crippen LogP contribution in [0.1, 0.15) is 31.7 Å². The molecule has 0 aliphatic carbocycles. The molecular weight excluding hydrogens is 198 g/mol. The van der Waals surface area contributed by atoms with Gasteiger partial charge in [0.15, 0.2) is 0 Å². The minimum Gasteiger partial charge on any atom is -0.357 e. The first-order valence-corrected chi connectivity index (χ1v) is 5.90. The second kappa shape index (κ2) is 4.98. The number of hydrogen-bond donors (Lipinski definition) is 0. The number of aromatic nitrogens is 1. The monoisotopic (exact) mass is 215 g/mol. The highest BCUT2D eigenvalue weighted by Gasteiger charge is 2.14. The topological polar surface area (TPSA) is 39.9 Å². The molecule has 84 valence electrons. The van der Waals surface area contributed by atoms with E-state index in [1.165, 1.54) is 19.3 Å². The molecule has 0 saturated carbocycles. The number of hydrogen-bond acceptors (Lipinski definition) is 3. The fraction of sp³-hybridized carbons (Fsp3) is 0.538. The van der Waals surface area contributed by atoms with Crippen LogP contribution in [0.25, 0.3) is 0 Å². The summed E-state index contributed by atoms with van der Waals surface area (Å²) in [5.74, 6) is 1.83. The standard InChI is InChI=1S/C13H17N3/c1-11-3-2-7-16(8-6-11)13-5-4-12(9-14)10-15-13/h4-5,10-11H,2-3,6-8H2,1H3. The summed E-state index contributed by atoms with van der Waals surface area (Å²) in [6, 6.07) is 5.89. The van der Waals surface area contributed by atoms with Gasteiger partial charge in [-0.25, -0.2) is 4.98 Å². The van der Waals surface area contributed by atoms with Gasteiger partial charge in [-0.2, -0.15) is 5.26 Å². The predicted molar refractivity (Wildman–Crippen MR) is 64.2 cm³/mol. The number of anilines is 1. The summed E-state index contributed by atoms with van der Waals surface area (Å²) in [7, 11) is 0. The minimum absolute atomic E-state index is 0.631. The highest BCUT2D eigenvalue weighted by atomic mass is 15.2. The fourth-order valence-corrected chi connectivity index (χ4v) is 2.13. The lowest BCUT2D eigenvalue weighted by Gasteiger charge is -2.21. The van der Waals surface area contributed by atoms with Crippen molar-refractivity contribution in [3.8, 4) is 6.07 Å². The van der Waals surface area contributed by atoms with Crippen LogP contribution >= 0.6 is 0 Å². The lowest BCUT2D eigenvalue weighted by atomic mass is 10.0. The average Bonchev–Trinajstić information content (AvgIpc) is 2.54. The van der Waals surface area contributed by atoms with Crippen LogP contribution < -0.4 is 4.90 Å². The molecule has 16 heavy (non-hydrogen) atoms. The minimum atomic E-state index is 0.631. The summed E-state index contributed by atoms with van der Waals surface area (Å²) < 4.78 is 0. The van der Waals surface area contributed by atoms with E-state index < -0.39 is 0 Å². The first kappa shape index (κ1) is 10.9. The zero-order valence-electron chi connectivity index (χ0n) is 9.69. The zero-order chi connectivity index (χ0) is 11.4. The summed E-state index contributed by atoms with van der Waals surface area (Å²) in [6.07, 6.45) is 5.45. The van der Waals surface area contributed by atoms with E-state index in [0.29, 0.717) is 5.56 Å². The molecule has 3 nitrogen and oxygen atoms in total. The van der Waals surface area contributed by atoms with Gasteiger partial charge in [0.1, 0.15) is 11.9 Å². The highest BCUT2D eigenvalue weighted by Crippen LogP contribution is 2.20. The van der Waals surface area contributed by atoms with Crippen molar-refractivity contribution in [3.63, 3.8) is 0 Å². The van der Waals surface area contributed by atoms with Crippen LogP contribution in [-0.2, 0) is 0 Å². The normalized spacial score (nSPS) is 21.2. The molecule has 2 heterocycles. The maximum atomic E-state index is 8.71. The van der Waals surface area contributed by atoms with Crippen molar-refractivity contribution in [3.05, 3.63) is 23.9 Å². The van der Waals surface area contributed by atoms with Crippen molar-refractivity contribution in [2.24, 2.45) is 5.92 Å². The smallest absolute Gasteiger partial charge is 0.128 e. The van der Waals surface area contributed by atoms with Gasteiger partial charge in [-0.15, -0.1) is 0 Å². The van der Waals surface area contributed by atoms with Crippen molar-refractivity contribution in [2.45, 2.75) is 26.2 Å². The van der Waals surface area contributed by atoms with Crippen LogP contribution in [0.3, 0.4) is 0 Å². The average molecular weight is 215 g/mol. The van der Waals surface area contributed by atoms with Gasteiger partial charge in [-0.1, -0.05) is 6.92 Å². The van der Waals surface area contributed by atoms with Crippen molar-refractivity contribution >= 4 is 5.82 Å². The largest absolute Gasteiger partial charge is 0.357 e. The number of rotatable bonds is 1. The summed E-state index contributed by atoms with van der Waals surface area (Å²) in [6.45, 7) is 4.49. The summed E-state index contributed by atoms with van der Waals surface area (Å²) in [5, 5.41) is 8.71. The third-order valence-electron chi connectivity index (χ3n) is 3.22.